The Balaban J connectivity index is 1.66. The number of carbonyl (C=O) groups excluding carboxylic acids is 2. The van der Waals surface area contributed by atoms with Gasteiger partial charge in [-0.3, -0.25) is 9.59 Å². The first-order valence-corrected chi connectivity index (χ1v) is 15.2. The van der Waals surface area contributed by atoms with E-state index in [0.717, 1.165) is 22.3 Å². The van der Waals surface area contributed by atoms with Gasteiger partial charge < -0.3 is 9.47 Å². The number of esters is 2. The summed E-state index contributed by atoms with van der Waals surface area (Å²) in [5.74, 6) is 1.90. The maximum absolute atomic E-state index is 12.4. The van der Waals surface area contributed by atoms with E-state index in [1.165, 1.54) is 22.3 Å². The van der Waals surface area contributed by atoms with E-state index in [4.69, 9.17) is 9.47 Å². The molecule has 4 nitrogen and oxygen atoms in total. The summed E-state index contributed by atoms with van der Waals surface area (Å²) in [6.07, 6.45) is 2.02. The maximum Gasteiger partial charge on any atom is 0.311 e. The minimum absolute atomic E-state index is 0.253. The molecule has 0 atom stereocenters. The number of fused-ring (bicyclic) bond motifs is 3. The molecule has 0 aliphatic heterocycles. The molecule has 6 heteroatoms. The second-order valence-corrected chi connectivity index (χ2v) is 11.3. The molecule has 0 N–H and O–H groups in total. The number of ether oxygens (including phenoxy) is 2. The zero-order valence-corrected chi connectivity index (χ0v) is 25.1. The zero-order chi connectivity index (χ0) is 29.0. The van der Waals surface area contributed by atoms with Crippen LogP contribution in [0.1, 0.15) is 59.1 Å². The smallest absolute Gasteiger partial charge is 0.311 e. The van der Waals surface area contributed by atoms with Crippen molar-refractivity contribution >= 4 is 37.2 Å². The van der Waals surface area contributed by atoms with Crippen LogP contribution in [0.25, 0.3) is 11.1 Å². The van der Waals surface area contributed by atoms with Gasteiger partial charge in [-0.15, -0.1) is 0 Å². The van der Waals surface area contributed by atoms with E-state index < -0.39 is 5.41 Å². The average molecular weight is 583 g/mol. The van der Waals surface area contributed by atoms with Crippen molar-refractivity contribution in [3.05, 3.63) is 118 Å². The monoisotopic (exact) mass is 582 g/mol. The van der Waals surface area contributed by atoms with E-state index in [9.17, 15) is 9.59 Å². The summed E-state index contributed by atoms with van der Waals surface area (Å²) >= 11 is 8.41. The SMILES string of the molecule is Cc1cc(C2(c3ccc(OC(=O)CCCS)c(C)c3)c3ccccc3-c3ccccc32)ccc1OC(=O)CCCS. The lowest BCUT2D eigenvalue weighted by atomic mass is 9.67. The van der Waals surface area contributed by atoms with Crippen molar-refractivity contribution in [2.45, 2.75) is 44.9 Å². The lowest BCUT2D eigenvalue weighted by Crippen LogP contribution is -2.29. The number of thiol groups is 2. The van der Waals surface area contributed by atoms with Gasteiger partial charge in [-0.05, 0) is 94.8 Å². The number of hydrogen-bond acceptors (Lipinski definition) is 6. The second kappa shape index (κ2) is 12.6. The molecule has 0 amide bonds. The molecule has 0 spiro atoms. The molecule has 210 valence electrons. The van der Waals surface area contributed by atoms with E-state index in [1.54, 1.807) is 0 Å². The Hall–Kier alpha value is -3.48. The van der Waals surface area contributed by atoms with Crippen LogP contribution in [-0.4, -0.2) is 23.4 Å². The average Bonchev–Trinajstić information content (AvgIpc) is 3.28. The van der Waals surface area contributed by atoms with E-state index >= 15 is 0 Å². The minimum atomic E-state index is -0.619. The highest BCUT2D eigenvalue weighted by Gasteiger charge is 2.46. The summed E-state index contributed by atoms with van der Waals surface area (Å²) in [4.78, 5) is 24.8. The van der Waals surface area contributed by atoms with Gasteiger partial charge >= 0.3 is 11.9 Å². The number of carbonyl (C=O) groups is 2. The Labute approximate surface area is 252 Å². The topological polar surface area (TPSA) is 52.6 Å². The molecule has 0 saturated heterocycles. The normalized spacial score (nSPS) is 12.9. The first-order valence-electron chi connectivity index (χ1n) is 13.9. The Bertz CT molecular complexity index is 1470. The van der Waals surface area contributed by atoms with Gasteiger partial charge in [-0.25, -0.2) is 0 Å². The Morgan fingerprint density at radius 2 is 1.05 bits per heavy atom. The fourth-order valence-electron chi connectivity index (χ4n) is 5.81. The highest BCUT2D eigenvalue weighted by atomic mass is 32.1. The van der Waals surface area contributed by atoms with Crippen molar-refractivity contribution in [3.8, 4) is 22.6 Å². The summed E-state index contributed by atoms with van der Waals surface area (Å²) < 4.78 is 11.4. The summed E-state index contributed by atoms with van der Waals surface area (Å²) in [6.45, 7) is 3.95. The third-order valence-electron chi connectivity index (χ3n) is 7.69. The van der Waals surface area contributed by atoms with Gasteiger partial charge in [0.15, 0.2) is 0 Å². The lowest BCUT2D eigenvalue weighted by molar-refractivity contribution is -0.135. The van der Waals surface area contributed by atoms with Crippen LogP contribution in [0.3, 0.4) is 0 Å². The largest absolute Gasteiger partial charge is 0.426 e. The van der Waals surface area contributed by atoms with Crippen LogP contribution in [0.2, 0.25) is 0 Å². The maximum atomic E-state index is 12.4. The standard InChI is InChI=1S/C35H34O4S2/c1-23-21-25(15-17-31(23)38-33(36)13-7-19-40)35(26-16-18-32(24(2)22-26)39-34(37)14-8-20-41)29-11-5-3-9-27(29)28-10-4-6-12-30(28)35/h3-6,9-12,15-18,21-22,40-41H,7-8,13-14,19-20H2,1-2H3. The Morgan fingerprint density at radius 3 is 1.44 bits per heavy atom. The summed E-state index contributed by atoms with van der Waals surface area (Å²) in [5, 5.41) is 0. The molecule has 4 aromatic carbocycles. The molecule has 41 heavy (non-hydrogen) atoms. The third-order valence-corrected chi connectivity index (χ3v) is 8.33. The number of aryl methyl sites for hydroxylation is 2. The molecule has 0 fully saturated rings. The predicted octanol–water partition coefficient (Wildman–Crippen LogP) is 7.90. The minimum Gasteiger partial charge on any atom is -0.426 e. The lowest BCUT2D eigenvalue weighted by Gasteiger charge is -2.34. The van der Waals surface area contributed by atoms with E-state index in [-0.39, 0.29) is 11.9 Å². The van der Waals surface area contributed by atoms with Crippen molar-refractivity contribution < 1.29 is 19.1 Å². The quantitative estimate of drug-likeness (QED) is 0.0999. The molecule has 0 heterocycles. The number of rotatable bonds is 10. The third kappa shape index (κ3) is 5.55. The van der Waals surface area contributed by atoms with E-state index in [0.29, 0.717) is 48.7 Å². The van der Waals surface area contributed by atoms with Crippen LogP contribution < -0.4 is 9.47 Å². The summed E-state index contributed by atoms with van der Waals surface area (Å²) in [7, 11) is 0. The van der Waals surface area contributed by atoms with Crippen molar-refractivity contribution in [2.24, 2.45) is 0 Å². The summed E-state index contributed by atoms with van der Waals surface area (Å²) in [6, 6.07) is 29.2. The Morgan fingerprint density at radius 1 is 0.634 bits per heavy atom. The van der Waals surface area contributed by atoms with E-state index in [2.05, 4.69) is 98.1 Å². The molecular formula is C35H34O4S2. The number of hydrogen-bond donors (Lipinski definition) is 2. The van der Waals surface area contributed by atoms with E-state index in [1.807, 2.05) is 26.0 Å². The first kappa shape index (κ1) is 29.0. The second-order valence-electron chi connectivity index (χ2n) is 10.4. The van der Waals surface area contributed by atoms with Crippen molar-refractivity contribution in [3.63, 3.8) is 0 Å². The van der Waals surface area contributed by atoms with Gasteiger partial charge in [0.1, 0.15) is 11.5 Å². The van der Waals surface area contributed by atoms with Crippen LogP contribution >= 0.6 is 25.3 Å². The highest BCUT2D eigenvalue weighted by molar-refractivity contribution is 7.80. The first-order chi connectivity index (χ1) is 19.9. The molecule has 0 radical (unpaired) electrons. The van der Waals surface area contributed by atoms with Gasteiger partial charge in [0.2, 0.25) is 0 Å². The van der Waals surface area contributed by atoms with Gasteiger partial charge in [-0.1, -0.05) is 72.8 Å². The fourth-order valence-corrected chi connectivity index (χ4v) is 6.13. The molecule has 0 bridgehead atoms. The molecule has 0 saturated carbocycles. The van der Waals surface area contributed by atoms with Gasteiger partial charge in [0, 0.05) is 12.8 Å². The van der Waals surface area contributed by atoms with Crippen molar-refractivity contribution in [1.82, 2.24) is 0 Å². The van der Waals surface area contributed by atoms with Gasteiger partial charge in [0.25, 0.3) is 0 Å². The fraction of sp³-hybridized carbons (Fsp3) is 0.257. The molecule has 5 rings (SSSR count). The Kier molecular flexibility index (Phi) is 8.91. The highest BCUT2D eigenvalue weighted by Crippen LogP contribution is 2.56. The summed E-state index contributed by atoms with van der Waals surface area (Å²) in [5.41, 5.74) is 8.01. The number of benzene rings is 4. The van der Waals surface area contributed by atoms with Crippen molar-refractivity contribution in [1.29, 1.82) is 0 Å². The van der Waals surface area contributed by atoms with Crippen LogP contribution in [0.5, 0.6) is 11.5 Å². The van der Waals surface area contributed by atoms with Crippen molar-refractivity contribution in [2.75, 3.05) is 11.5 Å². The van der Waals surface area contributed by atoms with Gasteiger partial charge in [-0.2, -0.15) is 25.3 Å². The van der Waals surface area contributed by atoms with Crippen LogP contribution in [0.4, 0.5) is 0 Å². The molecular weight excluding hydrogens is 549 g/mol. The van der Waals surface area contributed by atoms with Crippen LogP contribution in [-0.2, 0) is 15.0 Å². The predicted molar refractivity (Wildman–Crippen MR) is 171 cm³/mol. The molecule has 0 unspecified atom stereocenters. The zero-order valence-electron chi connectivity index (χ0n) is 23.4. The molecule has 0 aromatic heterocycles. The molecule has 4 aromatic rings. The van der Waals surface area contributed by atoms with Crippen LogP contribution in [0, 0.1) is 13.8 Å². The van der Waals surface area contributed by atoms with Gasteiger partial charge in [0.05, 0.1) is 5.41 Å². The molecule has 1 aliphatic carbocycles. The molecule has 1 aliphatic rings. The van der Waals surface area contributed by atoms with Crippen LogP contribution in [0.15, 0.2) is 84.9 Å².